The summed E-state index contributed by atoms with van der Waals surface area (Å²) in [4.78, 5) is 24.5. The van der Waals surface area contributed by atoms with Gasteiger partial charge in [0, 0.05) is 11.6 Å². The second kappa shape index (κ2) is 7.40. The Kier molecular flexibility index (Phi) is 5.55. The monoisotopic (exact) mass is 313 g/mol. The van der Waals surface area contributed by atoms with Crippen molar-refractivity contribution in [3.63, 3.8) is 0 Å². The topological polar surface area (TPSA) is 76.1 Å². The van der Waals surface area contributed by atoms with E-state index in [1.54, 1.807) is 24.3 Å². The Labute approximate surface area is 127 Å². The molecule has 21 heavy (non-hydrogen) atoms. The molecule has 7 heteroatoms. The SMILES string of the molecule is O=C(O)CN(Cc1ccc(Cl)cc1)C(=O)[C@H]1COCCO1. The second-order valence-electron chi connectivity index (χ2n) is 4.65. The fraction of sp³-hybridized carbons (Fsp3) is 0.429. The van der Waals surface area contributed by atoms with E-state index in [1.807, 2.05) is 0 Å². The Morgan fingerprint density at radius 3 is 2.57 bits per heavy atom. The van der Waals surface area contributed by atoms with Gasteiger partial charge in [-0.25, -0.2) is 0 Å². The molecule has 1 aromatic rings. The zero-order valence-electron chi connectivity index (χ0n) is 11.3. The van der Waals surface area contributed by atoms with Crippen LogP contribution in [0.4, 0.5) is 0 Å². The number of carbonyl (C=O) groups is 2. The van der Waals surface area contributed by atoms with Gasteiger partial charge in [-0.3, -0.25) is 9.59 Å². The van der Waals surface area contributed by atoms with Gasteiger partial charge in [0.1, 0.15) is 6.54 Å². The van der Waals surface area contributed by atoms with Gasteiger partial charge >= 0.3 is 5.97 Å². The van der Waals surface area contributed by atoms with E-state index in [0.29, 0.717) is 18.2 Å². The van der Waals surface area contributed by atoms with Gasteiger partial charge in [-0.15, -0.1) is 0 Å². The van der Waals surface area contributed by atoms with Crippen LogP contribution in [0.1, 0.15) is 5.56 Å². The zero-order valence-corrected chi connectivity index (χ0v) is 12.1. The maximum absolute atomic E-state index is 12.3. The van der Waals surface area contributed by atoms with Crippen LogP contribution in [0.5, 0.6) is 0 Å². The Hall–Kier alpha value is -1.63. The van der Waals surface area contributed by atoms with Gasteiger partial charge in [0.15, 0.2) is 6.10 Å². The van der Waals surface area contributed by atoms with Crippen LogP contribution in [-0.4, -0.2) is 54.4 Å². The van der Waals surface area contributed by atoms with Crippen LogP contribution < -0.4 is 0 Å². The number of ether oxygens (including phenoxy) is 2. The molecule has 1 atom stereocenters. The fourth-order valence-electron chi connectivity index (χ4n) is 2.02. The average molecular weight is 314 g/mol. The maximum Gasteiger partial charge on any atom is 0.323 e. The van der Waals surface area contributed by atoms with Crippen molar-refractivity contribution in [2.45, 2.75) is 12.6 Å². The van der Waals surface area contributed by atoms with Crippen molar-refractivity contribution in [3.05, 3.63) is 34.9 Å². The summed E-state index contributed by atoms with van der Waals surface area (Å²) in [6.07, 6.45) is -0.745. The highest BCUT2D eigenvalue weighted by Crippen LogP contribution is 2.13. The largest absolute Gasteiger partial charge is 0.480 e. The standard InChI is InChI=1S/C14H16ClNO5/c15-11-3-1-10(2-4-11)7-16(8-13(17)18)14(19)12-9-20-5-6-21-12/h1-4,12H,5-9H2,(H,17,18)/t12-/m1/s1. The van der Waals surface area contributed by atoms with Gasteiger partial charge in [-0.1, -0.05) is 23.7 Å². The van der Waals surface area contributed by atoms with Crippen LogP contribution in [0.2, 0.25) is 5.02 Å². The van der Waals surface area contributed by atoms with Crippen LogP contribution >= 0.6 is 11.6 Å². The van der Waals surface area contributed by atoms with Crippen LogP contribution in [0.3, 0.4) is 0 Å². The summed E-state index contributed by atoms with van der Waals surface area (Å²) in [6.45, 7) is 0.719. The van der Waals surface area contributed by atoms with Crippen molar-refractivity contribution in [1.29, 1.82) is 0 Å². The first-order chi connectivity index (χ1) is 10.1. The first kappa shape index (κ1) is 15.8. The summed E-state index contributed by atoms with van der Waals surface area (Å²) >= 11 is 5.81. The number of aliphatic carboxylic acids is 1. The van der Waals surface area contributed by atoms with E-state index in [-0.39, 0.29) is 25.6 Å². The van der Waals surface area contributed by atoms with Gasteiger partial charge in [0.2, 0.25) is 0 Å². The first-order valence-electron chi connectivity index (χ1n) is 6.50. The third-order valence-electron chi connectivity index (χ3n) is 3.02. The summed E-state index contributed by atoms with van der Waals surface area (Å²) < 4.78 is 10.5. The Bertz CT molecular complexity index is 499. The molecule has 114 valence electrons. The van der Waals surface area contributed by atoms with Gasteiger partial charge in [-0.2, -0.15) is 0 Å². The molecule has 2 rings (SSSR count). The summed E-state index contributed by atoms with van der Waals surface area (Å²) in [6, 6.07) is 6.90. The molecular weight excluding hydrogens is 298 g/mol. The molecule has 1 saturated heterocycles. The first-order valence-corrected chi connectivity index (χ1v) is 6.88. The van der Waals surface area contributed by atoms with E-state index in [0.717, 1.165) is 5.56 Å². The molecule has 0 aliphatic carbocycles. The van der Waals surface area contributed by atoms with Crippen molar-refractivity contribution in [2.75, 3.05) is 26.4 Å². The minimum atomic E-state index is -1.07. The number of rotatable bonds is 5. The van der Waals surface area contributed by atoms with Crippen molar-refractivity contribution in [1.82, 2.24) is 4.90 Å². The number of amides is 1. The predicted molar refractivity (Wildman–Crippen MR) is 75.1 cm³/mol. The third-order valence-corrected chi connectivity index (χ3v) is 3.27. The molecule has 6 nitrogen and oxygen atoms in total. The number of halogens is 1. The lowest BCUT2D eigenvalue weighted by Crippen LogP contribution is -2.46. The van der Waals surface area contributed by atoms with E-state index in [9.17, 15) is 9.59 Å². The molecule has 1 N–H and O–H groups in total. The lowest BCUT2D eigenvalue weighted by Gasteiger charge is -2.28. The molecule has 1 fully saturated rings. The number of carbonyl (C=O) groups excluding carboxylic acids is 1. The minimum Gasteiger partial charge on any atom is -0.480 e. The Balaban J connectivity index is 2.07. The highest BCUT2D eigenvalue weighted by molar-refractivity contribution is 6.30. The summed E-state index contributed by atoms with van der Waals surface area (Å²) in [5.41, 5.74) is 0.797. The van der Waals surface area contributed by atoms with Crippen molar-refractivity contribution in [2.24, 2.45) is 0 Å². The lowest BCUT2D eigenvalue weighted by atomic mass is 10.2. The molecule has 1 aromatic carbocycles. The van der Waals surface area contributed by atoms with Crippen molar-refractivity contribution >= 4 is 23.5 Å². The van der Waals surface area contributed by atoms with E-state index < -0.39 is 12.1 Å². The predicted octanol–water partition coefficient (Wildman–Crippen LogP) is 1.17. The molecule has 0 unspecified atom stereocenters. The molecule has 0 bridgehead atoms. The van der Waals surface area contributed by atoms with Crippen molar-refractivity contribution < 1.29 is 24.2 Å². The molecule has 0 spiro atoms. The van der Waals surface area contributed by atoms with Gasteiger partial charge in [-0.05, 0) is 17.7 Å². The normalized spacial score (nSPS) is 18.2. The third kappa shape index (κ3) is 4.70. The van der Waals surface area contributed by atoms with Crippen LogP contribution in [0.15, 0.2) is 24.3 Å². The molecule has 0 saturated carbocycles. The van der Waals surface area contributed by atoms with Gasteiger partial charge in [0.05, 0.1) is 19.8 Å². The molecule has 1 amide bonds. The molecular formula is C14H16ClNO5. The van der Waals surface area contributed by atoms with Gasteiger partial charge in [0.25, 0.3) is 5.91 Å². The van der Waals surface area contributed by atoms with E-state index in [1.165, 1.54) is 4.90 Å². The Morgan fingerprint density at radius 1 is 1.29 bits per heavy atom. The summed E-state index contributed by atoms with van der Waals surface area (Å²) in [5, 5.41) is 9.55. The number of hydrogen-bond donors (Lipinski definition) is 1. The number of carboxylic acids is 1. The number of carboxylic acid groups (broad SMARTS) is 1. The smallest absolute Gasteiger partial charge is 0.323 e. The van der Waals surface area contributed by atoms with Crippen LogP contribution in [0.25, 0.3) is 0 Å². The molecule has 0 radical (unpaired) electrons. The van der Waals surface area contributed by atoms with E-state index in [2.05, 4.69) is 0 Å². The number of hydrogen-bond acceptors (Lipinski definition) is 4. The highest BCUT2D eigenvalue weighted by Gasteiger charge is 2.28. The minimum absolute atomic E-state index is 0.148. The summed E-state index contributed by atoms with van der Waals surface area (Å²) in [5.74, 6) is -1.46. The quantitative estimate of drug-likeness (QED) is 0.883. The van der Waals surface area contributed by atoms with E-state index in [4.69, 9.17) is 26.2 Å². The van der Waals surface area contributed by atoms with Crippen LogP contribution in [0, 0.1) is 0 Å². The average Bonchev–Trinajstić information content (AvgIpc) is 2.48. The van der Waals surface area contributed by atoms with E-state index >= 15 is 0 Å². The second-order valence-corrected chi connectivity index (χ2v) is 5.09. The highest BCUT2D eigenvalue weighted by atomic mass is 35.5. The van der Waals surface area contributed by atoms with Gasteiger partial charge < -0.3 is 19.5 Å². The molecule has 1 heterocycles. The van der Waals surface area contributed by atoms with Crippen molar-refractivity contribution in [3.8, 4) is 0 Å². The summed E-state index contributed by atoms with van der Waals surface area (Å²) in [7, 11) is 0. The fourth-order valence-corrected chi connectivity index (χ4v) is 2.15. The maximum atomic E-state index is 12.3. The number of nitrogens with zero attached hydrogens (tertiary/aromatic N) is 1. The Morgan fingerprint density at radius 2 is 2.00 bits per heavy atom. The molecule has 1 aliphatic heterocycles. The molecule has 1 aliphatic rings. The number of benzene rings is 1. The zero-order chi connectivity index (χ0) is 15.2. The lowest BCUT2D eigenvalue weighted by molar-refractivity contribution is -0.162. The van der Waals surface area contributed by atoms with Crippen LogP contribution in [-0.2, 0) is 25.6 Å². The molecule has 0 aromatic heterocycles.